The molecular formula is C18H22Cl3NO2. The lowest BCUT2D eigenvalue weighted by atomic mass is 9.65. The molecule has 1 saturated heterocycles. The molecule has 24 heavy (non-hydrogen) atoms. The Balaban J connectivity index is 1.67. The summed E-state index contributed by atoms with van der Waals surface area (Å²) >= 11 is 18.0. The van der Waals surface area contributed by atoms with Crippen molar-refractivity contribution in [2.24, 2.45) is 10.8 Å². The molecule has 0 N–H and O–H groups in total. The van der Waals surface area contributed by atoms with Gasteiger partial charge in [0.2, 0.25) is 0 Å². The first-order chi connectivity index (χ1) is 11.1. The first-order valence-corrected chi connectivity index (χ1v) is 9.29. The van der Waals surface area contributed by atoms with Gasteiger partial charge in [-0.2, -0.15) is 0 Å². The molecule has 0 spiro atoms. The van der Waals surface area contributed by atoms with Crippen LogP contribution in [0, 0.1) is 10.8 Å². The van der Waals surface area contributed by atoms with Crippen LogP contribution < -0.4 is 4.74 Å². The molecule has 6 heteroatoms. The van der Waals surface area contributed by atoms with E-state index in [9.17, 15) is 4.79 Å². The number of hydrogen-bond acceptors (Lipinski definition) is 2. The monoisotopic (exact) mass is 389 g/mol. The van der Waals surface area contributed by atoms with Gasteiger partial charge in [-0.25, -0.2) is 0 Å². The average Bonchev–Trinajstić information content (AvgIpc) is 2.70. The molecule has 0 radical (unpaired) electrons. The lowest BCUT2D eigenvalue weighted by Gasteiger charge is -2.39. The topological polar surface area (TPSA) is 29.5 Å². The summed E-state index contributed by atoms with van der Waals surface area (Å²) in [4.78, 5) is 14.7. The Hall–Kier alpha value is -0.640. The Labute approximate surface area is 158 Å². The predicted octanol–water partition coefficient (Wildman–Crippen LogP) is 5.45. The number of hydrogen-bond donors (Lipinski definition) is 0. The van der Waals surface area contributed by atoms with Gasteiger partial charge in [0.05, 0.1) is 15.1 Å². The minimum Gasteiger partial charge on any atom is -0.482 e. The average molecular weight is 391 g/mol. The first kappa shape index (κ1) is 18.2. The number of carbonyl (C=O) groups is 1. The van der Waals surface area contributed by atoms with Gasteiger partial charge in [-0.1, -0.05) is 55.6 Å². The highest BCUT2D eigenvalue weighted by molar-refractivity contribution is 6.43. The quantitative estimate of drug-likeness (QED) is 0.642. The van der Waals surface area contributed by atoms with Crippen LogP contribution in [-0.2, 0) is 4.79 Å². The van der Waals surface area contributed by atoms with Crippen LogP contribution in [0.1, 0.15) is 40.0 Å². The van der Waals surface area contributed by atoms with Crippen molar-refractivity contribution < 1.29 is 9.53 Å². The van der Waals surface area contributed by atoms with Crippen molar-refractivity contribution >= 4 is 40.7 Å². The largest absolute Gasteiger partial charge is 0.482 e. The second-order valence-corrected chi connectivity index (χ2v) is 9.44. The fraction of sp³-hybridized carbons (Fsp3) is 0.611. The fourth-order valence-electron chi connectivity index (χ4n) is 4.59. The molecule has 2 bridgehead atoms. The summed E-state index contributed by atoms with van der Waals surface area (Å²) in [7, 11) is 0. The van der Waals surface area contributed by atoms with Crippen molar-refractivity contribution in [3.05, 3.63) is 27.2 Å². The van der Waals surface area contributed by atoms with Crippen molar-refractivity contribution in [1.82, 2.24) is 4.90 Å². The minimum atomic E-state index is -0.0370. The molecule has 132 valence electrons. The Morgan fingerprint density at radius 3 is 2.54 bits per heavy atom. The number of benzene rings is 1. The molecule has 1 aromatic carbocycles. The molecule has 1 aliphatic carbocycles. The van der Waals surface area contributed by atoms with E-state index in [-0.39, 0.29) is 23.3 Å². The van der Waals surface area contributed by atoms with Crippen LogP contribution in [0.3, 0.4) is 0 Å². The molecule has 2 atom stereocenters. The van der Waals surface area contributed by atoms with Crippen LogP contribution in [0.5, 0.6) is 5.75 Å². The summed E-state index contributed by atoms with van der Waals surface area (Å²) in [5.41, 5.74) is 0.490. The molecule has 0 aromatic heterocycles. The lowest BCUT2D eigenvalue weighted by molar-refractivity contribution is -0.134. The van der Waals surface area contributed by atoms with Gasteiger partial charge in [-0.3, -0.25) is 4.79 Å². The summed E-state index contributed by atoms with van der Waals surface area (Å²) in [6, 6.07) is 3.38. The van der Waals surface area contributed by atoms with Crippen molar-refractivity contribution in [1.29, 1.82) is 0 Å². The molecule has 1 aliphatic heterocycles. The molecule has 1 amide bonds. The van der Waals surface area contributed by atoms with Crippen molar-refractivity contribution in [3.63, 3.8) is 0 Å². The predicted molar refractivity (Wildman–Crippen MR) is 98.2 cm³/mol. The number of nitrogens with zero attached hydrogens (tertiary/aromatic N) is 1. The van der Waals surface area contributed by atoms with Crippen molar-refractivity contribution in [3.8, 4) is 5.75 Å². The molecule has 0 unspecified atom stereocenters. The third-order valence-corrected chi connectivity index (χ3v) is 6.08. The molecule has 3 nitrogen and oxygen atoms in total. The molecule has 1 aromatic rings. The van der Waals surface area contributed by atoms with E-state index in [1.54, 1.807) is 6.07 Å². The maximum atomic E-state index is 12.7. The summed E-state index contributed by atoms with van der Waals surface area (Å²) in [6.07, 6.45) is 3.28. The number of amides is 1. The summed E-state index contributed by atoms with van der Waals surface area (Å²) in [6.45, 7) is 7.63. The minimum absolute atomic E-state index is 0.00330. The van der Waals surface area contributed by atoms with E-state index in [0.29, 0.717) is 26.9 Å². The smallest absolute Gasteiger partial charge is 0.260 e. The first-order valence-electron chi connectivity index (χ1n) is 8.15. The van der Waals surface area contributed by atoms with Crippen LogP contribution in [0.15, 0.2) is 12.1 Å². The summed E-state index contributed by atoms with van der Waals surface area (Å²) in [5, 5.41) is 1.07. The van der Waals surface area contributed by atoms with Gasteiger partial charge >= 0.3 is 0 Å². The second kappa shape index (κ2) is 6.26. The molecule has 1 heterocycles. The Kier molecular flexibility index (Phi) is 4.74. The van der Waals surface area contributed by atoms with E-state index in [1.807, 2.05) is 4.90 Å². The Morgan fingerprint density at radius 1 is 1.17 bits per heavy atom. The number of fused-ring (bicyclic) bond motifs is 2. The van der Waals surface area contributed by atoms with Crippen LogP contribution in [0.4, 0.5) is 0 Å². The van der Waals surface area contributed by atoms with Crippen LogP contribution in [0.2, 0.25) is 15.1 Å². The van der Waals surface area contributed by atoms with E-state index in [0.717, 1.165) is 25.8 Å². The summed E-state index contributed by atoms with van der Waals surface area (Å²) in [5.74, 6) is 0.386. The standard InChI is InChI=1S/C18H22Cl3NO2/c1-17(2)6-11-7-18(3,9-17)10-22(11)16(23)8-24-15-5-13(20)12(19)4-14(15)21/h4-5,11H,6-10H2,1-3H3/t11-,18+/m1/s1. The zero-order chi connectivity index (χ0) is 17.7. The van der Waals surface area contributed by atoms with Crippen LogP contribution in [0.25, 0.3) is 0 Å². The van der Waals surface area contributed by atoms with Gasteiger partial charge in [0.25, 0.3) is 5.91 Å². The Morgan fingerprint density at radius 2 is 1.83 bits per heavy atom. The molecular weight excluding hydrogens is 369 g/mol. The van der Waals surface area contributed by atoms with Gasteiger partial charge in [0.1, 0.15) is 5.75 Å². The maximum absolute atomic E-state index is 12.7. The van der Waals surface area contributed by atoms with Gasteiger partial charge in [0, 0.05) is 18.7 Å². The van der Waals surface area contributed by atoms with E-state index < -0.39 is 0 Å². The van der Waals surface area contributed by atoms with Crippen LogP contribution in [-0.4, -0.2) is 30.0 Å². The number of likely N-dealkylation sites (tertiary alicyclic amines) is 1. The molecule has 2 fully saturated rings. The van der Waals surface area contributed by atoms with Gasteiger partial charge in [0.15, 0.2) is 6.61 Å². The highest BCUT2D eigenvalue weighted by Crippen LogP contribution is 2.52. The number of carbonyl (C=O) groups excluding carboxylic acids is 1. The van der Waals surface area contributed by atoms with E-state index in [4.69, 9.17) is 39.5 Å². The normalized spacial score (nSPS) is 28.1. The highest BCUT2D eigenvalue weighted by atomic mass is 35.5. The van der Waals surface area contributed by atoms with Crippen molar-refractivity contribution in [2.75, 3.05) is 13.2 Å². The van der Waals surface area contributed by atoms with E-state index in [1.165, 1.54) is 6.07 Å². The van der Waals surface area contributed by atoms with Crippen molar-refractivity contribution in [2.45, 2.75) is 46.1 Å². The molecule has 2 aliphatic rings. The molecule has 3 rings (SSSR count). The lowest BCUT2D eigenvalue weighted by Crippen LogP contribution is -2.40. The number of rotatable bonds is 3. The maximum Gasteiger partial charge on any atom is 0.260 e. The highest BCUT2D eigenvalue weighted by Gasteiger charge is 2.50. The Bertz CT molecular complexity index is 676. The summed E-state index contributed by atoms with van der Waals surface area (Å²) < 4.78 is 5.61. The third-order valence-electron chi connectivity index (χ3n) is 5.06. The van der Waals surface area contributed by atoms with Gasteiger partial charge in [-0.15, -0.1) is 0 Å². The zero-order valence-electron chi connectivity index (χ0n) is 14.2. The SMILES string of the molecule is CC1(C)C[C@@H]2C[C@](C)(CN2C(=O)COc2cc(Cl)c(Cl)cc2Cl)C1. The van der Waals surface area contributed by atoms with E-state index >= 15 is 0 Å². The van der Waals surface area contributed by atoms with Gasteiger partial charge < -0.3 is 9.64 Å². The fourth-order valence-corrected chi connectivity index (χ4v) is 5.18. The van der Waals surface area contributed by atoms with Gasteiger partial charge in [-0.05, 0) is 36.2 Å². The van der Waals surface area contributed by atoms with Crippen LogP contribution >= 0.6 is 34.8 Å². The number of halogens is 3. The number of ether oxygens (including phenoxy) is 1. The zero-order valence-corrected chi connectivity index (χ0v) is 16.4. The molecule has 1 saturated carbocycles. The van der Waals surface area contributed by atoms with E-state index in [2.05, 4.69) is 20.8 Å². The third kappa shape index (κ3) is 3.63. The second-order valence-electron chi connectivity index (χ2n) is 8.22.